The molecule has 23 heavy (non-hydrogen) atoms. The van der Waals surface area contributed by atoms with Gasteiger partial charge in [0.05, 0.1) is 17.3 Å². The highest BCUT2D eigenvalue weighted by Crippen LogP contribution is 2.39. The number of ether oxygens (including phenoxy) is 1. The van der Waals surface area contributed by atoms with Gasteiger partial charge in [0, 0.05) is 11.6 Å². The first-order valence-corrected chi connectivity index (χ1v) is 7.48. The normalized spacial score (nSPS) is 15.8. The van der Waals surface area contributed by atoms with Crippen LogP contribution in [0.15, 0.2) is 29.3 Å². The lowest BCUT2D eigenvalue weighted by Crippen LogP contribution is -2.38. The Morgan fingerprint density at radius 2 is 2.00 bits per heavy atom. The van der Waals surface area contributed by atoms with Gasteiger partial charge in [0.2, 0.25) is 6.19 Å². The van der Waals surface area contributed by atoms with Crippen molar-refractivity contribution in [2.24, 2.45) is 4.99 Å². The van der Waals surface area contributed by atoms with Gasteiger partial charge in [-0.2, -0.15) is 15.5 Å². The highest BCUT2D eigenvalue weighted by Gasteiger charge is 2.31. The molecule has 0 N–H and O–H groups in total. The van der Waals surface area contributed by atoms with Crippen LogP contribution in [0.2, 0.25) is 0 Å². The van der Waals surface area contributed by atoms with Gasteiger partial charge in [0.1, 0.15) is 17.2 Å². The Morgan fingerprint density at radius 3 is 2.57 bits per heavy atom. The molecular weight excluding hydrogens is 288 g/mol. The number of hydrogen-bond donors (Lipinski definition) is 0. The van der Waals surface area contributed by atoms with E-state index >= 15 is 0 Å². The van der Waals surface area contributed by atoms with E-state index < -0.39 is 5.60 Å². The lowest BCUT2D eigenvalue weighted by molar-refractivity contribution is 0.155. The summed E-state index contributed by atoms with van der Waals surface area (Å²) < 4.78 is 6.00. The minimum atomic E-state index is -0.490. The monoisotopic (exact) mass is 308 g/mol. The molecule has 0 aromatic heterocycles. The van der Waals surface area contributed by atoms with Crippen LogP contribution >= 0.6 is 0 Å². The number of benzene rings is 1. The second-order valence-electron chi connectivity index (χ2n) is 6.28. The summed E-state index contributed by atoms with van der Waals surface area (Å²) in [6.07, 6.45) is 3.85. The minimum absolute atomic E-state index is 0.103. The Morgan fingerprint density at radius 1 is 1.30 bits per heavy atom. The summed E-state index contributed by atoms with van der Waals surface area (Å²) in [5.74, 6) is 1.33. The summed E-state index contributed by atoms with van der Waals surface area (Å²) in [4.78, 5) is 5.88. The average Bonchev–Trinajstić information content (AvgIpc) is 2.46. The number of rotatable bonds is 2. The van der Waals surface area contributed by atoms with E-state index in [0.29, 0.717) is 11.4 Å². The molecule has 118 valence electrons. The fourth-order valence-electron chi connectivity index (χ4n) is 2.76. The smallest absolute Gasteiger partial charge is 0.207 e. The standard InChI is InChI=1S/C18H20N4O/c1-12(2)22(13(3)21-11-20)16-9-18(4,5)23-17-7-6-14(10-19)8-15(16)17/h6-9,12H,1-5H3. The van der Waals surface area contributed by atoms with Crippen LogP contribution in [0.3, 0.4) is 0 Å². The average molecular weight is 308 g/mol. The van der Waals surface area contributed by atoms with E-state index in [1.54, 1.807) is 13.0 Å². The molecule has 0 bridgehead atoms. The second-order valence-corrected chi connectivity index (χ2v) is 6.28. The van der Waals surface area contributed by atoms with Gasteiger partial charge in [-0.25, -0.2) is 0 Å². The molecule has 0 spiro atoms. The molecule has 0 unspecified atom stereocenters. The number of nitrogens with zero attached hydrogens (tertiary/aromatic N) is 4. The van der Waals surface area contributed by atoms with Crippen LogP contribution in [0.25, 0.3) is 5.70 Å². The summed E-state index contributed by atoms with van der Waals surface area (Å²) in [6, 6.07) is 7.63. The van der Waals surface area contributed by atoms with Crippen molar-refractivity contribution in [1.29, 1.82) is 10.5 Å². The van der Waals surface area contributed by atoms with Gasteiger partial charge >= 0.3 is 0 Å². The number of nitriles is 2. The van der Waals surface area contributed by atoms with E-state index in [2.05, 4.69) is 11.1 Å². The van der Waals surface area contributed by atoms with Crippen LogP contribution < -0.4 is 4.74 Å². The third-order valence-corrected chi connectivity index (χ3v) is 3.58. The molecule has 0 aliphatic carbocycles. The highest BCUT2D eigenvalue weighted by atomic mass is 16.5. The van der Waals surface area contributed by atoms with Crippen molar-refractivity contribution >= 4 is 11.5 Å². The Balaban J connectivity index is 2.68. The van der Waals surface area contributed by atoms with Crippen molar-refractivity contribution in [2.75, 3.05) is 0 Å². The molecule has 0 fully saturated rings. The topological polar surface area (TPSA) is 72.4 Å². The van der Waals surface area contributed by atoms with Crippen molar-refractivity contribution in [2.45, 2.75) is 46.3 Å². The van der Waals surface area contributed by atoms with E-state index in [-0.39, 0.29) is 6.04 Å². The third-order valence-electron chi connectivity index (χ3n) is 3.58. The van der Waals surface area contributed by atoms with Gasteiger partial charge in [-0.1, -0.05) is 0 Å². The zero-order valence-electron chi connectivity index (χ0n) is 14.1. The molecule has 1 heterocycles. The van der Waals surface area contributed by atoms with Gasteiger partial charge in [-0.05, 0) is 58.9 Å². The molecule has 0 saturated carbocycles. The predicted octanol–water partition coefficient (Wildman–Crippen LogP) is 3.68. The van der Waals surface area contributed by atoms with Crippen molar-refractivity contribution < 1.29 is 4.74 Å². The number of amidine groups is 1. The van der Waals surface area contributed by atoms with Crippen LogP contribution in [-0.4, -0.2) is 22.4 Å². The fourth-order valence-corrected chi connectivity index (χ4v) is 2.76. The van der Waals surface area contributed by atoms with Crippen molar-refractivity contribution in [1.82, 2.24) is 4.90 Å². The Labute approximate surface area is 137 Å². The number of fused-ring (bicyclic) bond motifs is 1. The van der Waals surface area contributed by atoms with Crippen LogP contribution in [-0.2, 0) is 0 Å². The molecule has 1 aromatic carbocycles. The SMILES string of the molecule is CC(=NC#N)N(C1=CC(C)(C)Oc2ccc(C#N)cc21)C(C)C. The quantitative estimate of drug-likeness (QED) is 0.474. The maximum absolute atomic E-state index is 9.18. The van der Waals surface area contributed by atoms with E-state index in [1.807, 2.05) is 57.0 Å². The molecule has 1 aromatic rings. The Bertz CT molecular complexity index is 760. The first-order valence-electron chi connectivity index (χ1n) is 7.48. The maximum Gasteiger partial charge on any atom is 0.207 e. The summed E-state index contributed by atoms with van der Waals surface area (Å²) >= 11 is 0. The van der Waals surface area contributed by atoms with Crippen LogP contribution in [0.1, 0.15) is 45.7 Å². The summed E-state index contributed by atoms with van der Waals surface area (Å²) in [5, 5.41) is 18.1. The Kier molecular flexibility index (Phi) is 4.43. The molecule has 2 rings (SSSR count). The number of aliphatic imine (C=N–C) groups is 1. The van der Waals surface area contributed by atoms with Gasteiger partial charge in [-0.3, -0.25) is 0 Å². The first kappa shape index (κ1) is 16.6. The molecular formula is C18H20N4O. The van der Waals surface area contributed by atoms with E-state index in [4.69, 9.17) is 10.00 Å². The molecule has 0 atom stereocenters. The fraction of sp³-hybridized carbons (Fsp3) is 0.389. The molecule has 5 nitrogen and oxygen atoms in total. The molecule has 5 heteroatoms. The van der Waals surface area contributed by atoms with Crippen molar-refractivity contribution in [3.05, 3.63) is 35.4 Å². The Hall–Kier alpha value is -2.79. The van der Waals surface area contributed by atoms with Crippen molar-refractivity contribution in [3.63, 3.8) is 0 Å². The largest absolute Gasteiger partial charge is 0.483 e. The number of hydrogen-bond acceptors (Lipinski definition) is 4. The highest BCUT2D eigenvalue weighted by molar-refractivity contribution is 5.91. The summed E-state index contributed by atoms with van der Waals surface area (Å²) in [7, 11) is 0. The summed E-state index contributed by atoms with van der Waals surface area (Å²) in [5.41, 5.74) is 1.82. The van der Waals surface area contributed by atoms with Gasteiger partial charge in [-0.15, -0.1) is 0 Å². The van der Waals surface area contributed by atoms with E-state index in [9.17, 15) is 5.26 Å². The molecule has 1 aliphatic rings. The molecule has 0 amide bonds. The molecule has 0 saturated heterocycles. The van der Waals surface area contributed by atoms with Crippen molar-refractivity contribution in [3.8, 4) is 18.0 Å². The second kappa shape index (κ2) is 6.14. The molecule has 0 radical (unpaired) electrons. The van der Waals surface area contributed by atoms with Gasteiger partial charge < -0.3 is 9.64 Å². The van der Waals surface area contributed by atoms with Gasteiger partial charge in [0.15, 0.2) is 0 Å². The zero-order chi connectivity index (χ0) is 17.2. The first-order chi connectivity index (χ1) is 10.8. The minimum Gasteiger partial charge on any atom is -0.483 e. The van der Waals surface area contributed by atoms with E-state index in [1.165, 1.54) is 0 Å². The maximum atomic E-state index is 9.18. The lowest BCUT2D eigenvalue weighted by Gasteiger charge is -2.38. The van der Waals surface area contributed by atoms with Crippen LogP contribution in [0.5, 0.6) is 5.75 Å². The van der Waals surface area contributed by atoms with Gasteiger partial charge in [0.25, 0.3) is 0 Å². The van der Waals surface area contributed by atoms with E-state index in [0.717, 1.165) is 17.0 Å². The summed E-state index contributed by atoms with van der Waals surface area (Å²) in [6.45, 7) is 9.83. The third kappa shape index (κ3) is 3.35. The van der Waals surface area contributed by atoms with Crippen LogP contribution in [0.4, 0.5) is 0 Å². The predicted molar refractivity (Wildman–Crippen MR) is 89.5 cm³/mol. The van der Waals surface area contributed by atoms with Crippen LogP contribution in [0, 0.1) is 22.8 Å². The zero-order valence-corrected chi connectivity index (χ0v) is 14.1. The molecule has 1 aliphatic heterocycles. The lowest BCUT2D eigenvalue weighted by atomic mass is 9.96.